The molecule has 4 heteroatoms. The van der Waals surface area contributed by atoms with E-state index < -0.39 is 0 Å². The SMILES string of the molecule is CCCOc1ccc(Oc2cnccc2CNC)cc1. The maximum Gasteiger partial charge on any atom is 0.150 e. The zero-order valence-electron chi connectivity index (χ0n) is 11.9. The Morgan fingerprint density at radius 2 is 1.85 bits per heavy atom. The molecule has 0 bridgehead atoms. The molecule has 1 N–H and O–H groups in total. The van der Waals surface area contributed by atoms with Crippen LogP contribution in [-0.4, -0.2) is 18.6 Å². The van der Waals surface area contributed by atoms with Crippen LogP contribution in [0.1, 0.15) is 18.9 Å². The van der Waals surface area contributed by atoms with E-state index in [0.29, 0.717) is 0 Å². The molecule has 1 aromatic carbocycles. The van der Waals surface area contributed by atoms with Crippen molar-refractivity contribution in [1.29, 1.82) is 0 Å². The number of benzene rings is 1. The van der Waals surface area contributed by atoms with Crippen LogP contribution in [0.15, 0.2) is 42.7 Å². The summed E-state index contributed by atoms with van der Waals surface area (Å²) in [5.74, 6) is 2.41. The van der Waals surface area contributed by atoms with Gasteiger partial charge < -0.3 is 14.8 Å². The van der Waals surface area contributed by atoms with Gasteiger partial charge in [-0.3, -0.25) is 4.98 Å². The molecule has 0 aliphatic heterocycles. The monoisotopic (exact) mass is 272 g/mol. The van der Waals surface area contributed by atoms with Gasteiger partial charge in [-0.05, 0) is 43.8 Å². The molecule has 0 aliphatic carbocycles. The molecule has 0 fully saturated rings. The lowest BCUT2D eigenvalue weighted by Crippen LogP contribution is -2.06. The van der Waals surface area contributed by atoms with Crippen molar-refractivity contribution in [3.8, 4) is 17.2 Å². The summed E-state index contributed by atoms with van der Waals surface area (Å²) in [6, 6.07) is 9.59. The summed E-state index contributed by atoms with van der Waals surface area (Å²) in [5, 5.41) is 3.11. The van der Waals surface area contributed by atoms with E-state index in [9.17, 15) is 0 Å². The molecular weight excluding hydrogens is 252 g/mol. The topological polar surface area (TPSA) is 43.4 Å². The molecule has 0 atom stereocenters. The highest BCUT2D eigenvalue weighted by atomic mass is 16.5. The van der Waals surface area contributed by atoms with Crippen LogP contribution in [-0.2, 0) is 6.54 Å². The zero-order chi connectivity index (χ0) is 14.2. The van der Waals surface area contributed by atoms with Crippen molar-refractivity contribution >= 4 is 0 Å². The zero-order valence-corrected chi connectivity index (χ0v) is 11.9. The predicted molar refractivity (Wildman–Crippen MR) is 79.3 cm³/mol. The van der Waals surface area contributed by atoms with Crippen LogP contribution in [0.5, 0.6) is 17.2 Å². The maximum atomic E-state index is 5.86. The van der Waals surface area contributed by atoms with Crippen LogP contribution in [0, 0.1) is 0 Å². The Morgan fingerprint density at radius 3 is 2.55 bits per heavy atom. The minimum absolute atomic E-state index is 0.731. The summed E-state index contributed by atoms with van der Waals surface area (Å²) < 4.78 is 11.4. The Balaban J connectivity index is 2.06. The van der Waals surface area contributed by atoms with E-state index in [4.69, 9.17) is 9.47 Å². The number of pyridine rings is 1. The van der Waals surface area contributed by atoms with E-state index in [0.717, 1.165) is 42.4 Å². The lowest BCUT2D eigenvalue weighted by molar-refractivity contribution is 0.317. The number of nitrogens with one attached hydrogen (secondary N) is 1. The van der Waals surface area contributed by atoms with Gasteiger partial charge in [0, 0.05) is 18.3 Å². The van der Waals surface area contributed by atoms with Gasteiger partial charge in [-0.2, -0.15) is 0 Å². The van der Waals surface area contributed by atoms with Gasteiger partial charge in [0.25, 0.3) is 0 Å². The van der Waals surface area contributed by atoms with Crippen molar-refractivity contribution in [2.24, 2.45) is 0 Å². The number of ether oxygens (including phenoxy) is 2. The first-order valence-corrected chi connectivity index (χ1v) is 6.81. The summed E-state index contributed by atoms with van der Waals surface area (Å²) in [5.41, 5.74) is 1.08. The first-order valence-electron chi connectivity index (χ1n) is 6.81. The van der Waals surface area contributed by atoms with Crippen LogP contribution in [0.25, 0.3) is 0 Å². The molecule has 2 aromatic rings. The molecule has 106 valence electrons. The fraction of sp³-hybridized carbons (Fsp3) is 0.312. The highest BCUT2D eigenvalue weighted by Gasteiger charge is 2.04. The molecule has 0 radical (unpaired) electrons. The van der Waals surface area contributed by atoms with E-state index in [1.54, 1.807) is 12.4 Å². The van der Waals surface area contributed by atoms with Crippen molar-refractivity contribution in [2.45, 2.75) is 19.9 Å². The largest absolute Gasteiger partial charge is 0.494 e. The van der Waals surface area contributed by atoms with Crippen LogP contribution in [0.3, 0.4) is 0 Å². The molecule has 1 heterocycles. The average Bonchev–Trinajstić information content (AvgIpc) is 2.49. The molecule has 20 heavy (non-hydrogen) atoms. The second-order valence-corrected chi connectivity index (χ2v) is 4.44. The molecule has 0 saturated carbocycles. The third kappa shape index (κ3) is 3.96. The summed E-state index contributed by atoms with van der Waals surface area (Å²) in [4.78, 5) is 4.10. The second-order valence-electron chi connectivity index (χ2n) is 4.44. The Labute approximate surface area is 119 Å². The Morgan fingerprint density at radius 1 is 1.10 bits per heavy atom. The summed E-state index contributed by atoms with van der Waals surface area (Å²) >= 11 is 0. The van der Waals surface area contributed by atoms with E-state index in [-0.39, 0.29) is 0 Å². The maximum absolute atomic E-state index is 5.86. The lowest BCUT2D eigenvalue weighted by atomic mass is 10.2. The normalized spacial score (nSPS) is 10.3. The van der Waals surface area contributed by atoms with E-state index in [1.807, 2.05) is 37.4 Å². The number of aromatic nitrogens is 1. The van der Waals surface area contributed by atoms with Crippen LogP contribution in [0.4, 0.5) is 0 Å². The van der Waals surface area contributed by atoms with Crippen LogP contribution < -0.4 is 14.8 Å². The van der Waals surface area contributed by atoms with E-state index in [2.05, 4.69) is 17.2 Å². The third-order valence-electron chi connectivity index (χ3n) is 2.76. The van der Waals surface area contributed by atoms with Crippen LogP contribution >= 0.6 is 0 Å². The van der Waals surface area contributed by atoms with Gasteiger partial charge in [0.15, 0.2) is 0 Å². The Bertz CT molecular complexity index is 526. The first-order chi connectivity index (χ1) is 9.83. The van der Waals surface area contributed by atoms with Crippen molar-refractivity contribution in [3.63, 3.8) is 0 Å². The standard InChI is InChI=1S/C16H20N2O2/c1-3-10-19-14-4-6-15(7-5-14)20-16-12-18-9-8-13(16)11-17-2/h4-9,12,17H,3,10-11H2,1-2H3. The number of hydrogen-bond acceptors (Lipinski definition) is 4. The molecule has 0 spiro atoms. The van der Waals surface area contributed by atoms with Gasteiger partial charge in [0.2, 0.25) is 0 Å². The smallest absolute Gasteiger partial charge is 0.150 e. The van der Waals surface area contributed by atoms with Gasteiger partial charge in [-0.1, -0.05) is 6.92 Å². The first kappa shape index (κ1) is 14.3. The molecule has 0 amide bonds. The fourth-order valence-electron chi connectivity index (χ4n) is 1.79. The minimum Gasteiger partial charge on any atom is -0.494 e. The number of nitrogens with zero attached hydrogens (tertiary/aromatic N) is 1. The molecule has 2 rings (SSSR count). The molecule has 0 aliphatic rings. The van der Waals surface area contributed by atoms with Crippen molar-refractivity contribution < 1.29 is 9.47 Å². The Hall–Kier alpha value is -2.07. The van der Waals surface area contributed by atoms with Gasteiger partial charge in [0.1, 0.15) is 17.2 Å². The number of rotatable bonds is 7. The summed E-state index contributed by atoms with van der Waals surface area (Å²) in [6.45, 7) is 3.56. The summed E-state index contributed by atoms with van der Waals surface area (Å²) in [6.07, 6.45) is 4.50. The van der Waals surface area contributed by atoms with Gasteiger partial charge >= 0.3 is 0 Å². The van der Waals surface area contributed by atoms with Gasteiger partial charge in [0.05, 0.1) is 12.8 Å². The highest BCUT2D eigenvalue weighted by molar-refractivity contribution is 5.37. The molecule has 4 nitrogen and oxygen atoms in total. The van der Waals surface area contributed by atoms with E-state index >= 15 is 0 Å². The number of hydrogen-bond donors (Lipinski definition) is 1. The van der Waals surface area contributed by atoms with Crippen LogP contribution in [0.2, 0.25) is 0 Å². The van der Waals surface area contributed by atoms with E-state index in [1.165, 1.54) is 0 Å². The minimum atomic E-state index is 0.731. The predicted octanol–water partition coefficient (Wildman–Crippen LogP) is 3.38. The molecular formula is C16H20N2O2. The quantitative estimate of drug-likeness (QED) is 0.839. The second kappa shape index (κ2) is 7.50. The van der Waals surface area contributed by atoms with Gasteiger partial charge in [-0.25, -0.2) is 0 Å². The highest BCUT2D eigenvalue weighted by Crippen LogP contribution is 2.26. The van der Waals surface area contributed by atoms with Crippen molar-refractivity contribution in [1.82, 2.24) is 10.3 Å². The fourth-order valence-corrected chi connectivity index (χ4v) is 1.79. The molecule has 1 aromatic heterocycles. The molecule has 0 saturated heterocycles. The average molecular weight is 272 g/mol. The lowest BCUT2D eigenvalue weighted by Gasteiger charge is -2.11. The van der Waals surface area contributed by atoms with Gasteiger partial charge in [-0.15, -0.1) is 0 Å². The summed E-state index contributed by atoms with van der Waals surface area (Å²) in [7, 11) is 1.91. The van der Waals surface area contributed by atoms with Crippen molar-refractivity contribution in [2.75, 3.05) is 13.7 Å². The molecule has 0 unspecified atom stereocenters. The third-order valence-corrected chi connectivity index (χ3v) is 2.76. The van der Waals surface area contributed by atoms with Crippen molar-refractivity contribution in [3.05, 3.63) is 48.3 Å². The Kier molecular flexibility index (Phi) is 5.38.